The molecule has 0 amide bonds. The van der Waals surface area contributed by atoms with Gasteiger partial charge in [-0.3, -0.25) is 0 Å². The minimum absolute atomic E-state index is 0.576. The molecular formula is C12H27NO2. The van der Waals surface area contributed by atoms with Crippen LogP contribution in [0.3, 0.4) is 0 Å². The van der Waals surface area contributed by atoms with Crippen LogP contribution in [0.15, 0.2) is 0 Å². The van der Waals surface area contributed by atoms with Gasteiger partial charge in [0.2, 0.25) is 0 Å². The number of hydrogen-bond donors (Lipinski definition) is 1. The van der Waals surface area contributed by atoms with E-state index >= 15 is 0 Å². The first-order valence-corrected chi connectivity index (χ1v) is 6.16. The third-order valence-electron chi connectivity index (χ3n) is 1.94. The Bertz CT molecular complexity index is 118. The minimum atomic E-state index is 0.576. The average Bonchev–Trinajstić information content (AvgIpc) is 2.20. The van der Waals surface area contributed by atoms with Crippen LogP contribution in [-0.2, 0) is 9.47 Å². The summed E-state index contributed by atoms with van der Waals surface area (Å²) in [7, 11) is 0. The highest BCUT2D eigenvalue weighted by atomic mass is 16.5. The van der Waals surface area contributed by atoms with Crippen molar-refractivity contribution in [2.24, 2.45) is 0 Å². The van der Waals surface area contributed by atoms with Gasteiger partial charge in [0.1, 0.15) is 0 Å². The third-order valence-corrected chi connectivity index (χ3v) is 1.94. The largest absolute Gasteiger partial charge is 0.381 e. The molecule has 3 heteroatoms. The summed E-state index contributed by atoms with van der Waals surface area (Å²) in [5.74, 6) is 0. The number of hydrogen-bond acceptors (Lipinski definition) is 3. The highest BCUT2D eigenvalue weighted by Crippen LogP contribution is 1.89. The molecule has 0 aromatic carbocycles. The molecule has 3 nitrogen and oxygen atoms in total. The summed E-state index contributed by atoms with van der Waals surface area (Å²) in [5.41, 5.74) is 0. The number of rotatable bonds is 11. The van der Waals surface area contributed by atoms with Crippen LogP contribution in [0.25, 0.3) is 0 Å². The van der Waals surface area contributed by atoms with Crippen LogP contribution in [0, 0.1) is 0 Å². The Morgan fingerprint density at radius 3 is 2.13 bits per heavy atom. The summed E-state index contributed by atoms with van der Waals surface area (Å²) in [6.07, 6.45) is 3.20. The summed E-state index contributed by atoms with van der Waals surface area (Å²) in [5, 5.41) is 3.36. The monoisotopic (exact) mass is 217 g/mol. The van der Waals surface area contributed by atoms with Crippen molar-refractivity contribution in [3.05, 3.63) is 0 Å². The zero-order valence-corrected chi connectivity index (χ0v) is 10.6. The van der Waals surface area contributed by atoms with Gasteiger partial charge in [-0.25, -0.2) is 0 Å². The fourth-order valence-electron chi connectivity index (χ4n) is 1.18. The van der Waals surface area contributed by atoms with Gasteiger partial charge in [-0.05, 0) is 25.8 Å². The van der Waals surface area contributed by atoms with E-state index in [1.165, 1.54) is 0 Å². The molecule has 0 unspecified atom stereocenters. The smallest absolute Gasteiger partial charge is 0.0487 e. The van der Waals surface area contributed by atoms with E-state index in [0.29, 0.717) is 6.04 Å². The molecule has 0 heterocycles. The van der Waals surface area contributed by atoms with E-state index in [-0.39, 0.29) is 0 Å². The summed E-state index contributed by atoms with van der Waals surface area (Å²) >= 11 is 0. The highest BCUT2D eigenvalue weighted by molar-refractivity contribution is 4.51. The average molecular weight is 217 g/mol. The van der Waals surface area contributed by atoms with Crippen molar-refractivity contribution in [3.8, 4) is 0 Å². The zero-order chi connectivity index (χ0) is 11.4. The van der Waals surface area contributed by atoms with Gasteiger partial charge in [-0.15, -0.1) is 0 Å². The second kappa shape index (κ2) is 12.0. The quantitative estimate of drug-likeness (QED) is 0.538. The first kappa shape index (κ1) is 14.9. The SMILES string of the molecule is CCCOCCCOCCCNC(C)C. The number of nitrogens with one attached hydrogen (secondary N) is 1. The summed E-state index contributed by atoms with van der Waals surface area (Å²) in [6, 6.07) is 0.576. The Morgan fingerprint density at radius 1 is 0.933 bits per heavy atom. The lowest BCUT2D eigenvalue weighted by Crippen LogP contribution is -2.24. The first-order chi connectivity index (χ1) is 7.27. The van der Waals surface area contributed by atoms with Gasteiger partial charge in [0, 0.05) is 32.5 Å². The summed E-state index contributed by atoms with van der Waals surface area (Å²) in [6.45, 7) is 10.9. The van der Waals surface area contributed by atoms with Crippen LogP contribution in [0.5, 0.6) is 0 Å². The van der Waals surface area contributed by atoms with Gasteiger partial charge in [-0.2, -0.15) is 0 Å². The van der Waals surface area contributed by atoms with E-state index in [0.717, 1.165) is 52.2 Å². The second-order valence-corrected chi connectivity index (χ2v) is 4.04. The maximum Gasteiger partial charge on any atom is 0.0487 e. The summed E-state index contributed by atoms with van der Waals surface area (Å²) < 4.78 is 10.8. The van der Waals surface area contributed by atoms with Crippen LogP contribution in [0.2, 0.25) is 0 Å². The van der Waals surface area contributed by atoms with E-state index in [9.17, 15) is 0 Å². The molecule has 0 aromatic rings. The molecule has 0 aliphatic rings. The molecule has 15 heavy (non-hydrogen) atoms. The van der Waals surface area contributed by atoms with Crippen molar-refractivity contribution < 1.29 is 9.47 Å². The Morgan fingerprint density at radius 2 is 1.53 bits per heavy atom. The molecule has 0 spiro atoms. The normalized spacial score (nSPS) is 11.2. The van der Waals surface area contributed by atoms with Gasteiger partial charge in [0.15, 0.2) is 0 Å². The molecule has 1 N–H and O–H groups in total. The molecule has 0 aliphatic heterocycles. The van der Waals surface area contributed by atoms with Crippen molar-refractivity contribution >= 4 is 0 Å². The maximum absolute atomic E-state index is 5.48. The fourth-order valence-corrected chi connectivity index (χ4v) is 1.18. The lowest BCUT2D eigenvalue weighted by atomic mass is 10.3. The Balaban J connectivity index is 2.87. The van der Waals surface area contributed by atoms with Crippen molar-refractivity contribution in [1.82, 2.24) is 5.32 Å². The lowest BCUT2D eigenvalue weighted by Gasteiger charge is -2.08. The maximum atomic E-state index is 5.48. The van der Waals surface area contributed by atoms with E-state index in [1.807, 2.05) is 0 Å². The molecule has 0 radical (unpaired) electrons. The molecule has 0 aromatic heterocycles. The van der Waals surface area contributed by atoms with Gasteiger partial charge >= 0.3 is 0 Å². The predicted molar refractivity (Wildman–Crippen MR) is 64.3 cm³/mol. The van der Waals surface area contributed by atoms with Crippen molar-refractivity contribution in [2.75, 3.05) is 33.0 Å². The van der Waals surface area contributed by atoms with Gasteiger partial charge < -0.3 is 14.8 Å². The molecule has 0 aliphatic carbocycles. The molecule has 0 saturated heterocycles. The van der Waals surface area contributed by atoms with Crippen molar-refractivity contribution in [1.29, 1.82) is 0 Å². The topological polar surface area (TPSA) is 30.5 Å². The molecule has 0 atom stereocenters. The first-order valence-electron chi connectivity index (χ1n) is 6.16. The standard InChI is InChI=1S/C12H27NO2/c1-4-8-14-10-6-11-15-9-5-7-13-12(2)3/h12-13H,4-11H2,1-3H3. The summed E-state index contributed by atoms with van der Waals surface area (Å²) in [4.78, 5) is 0. The zero-order valence-electron chi connectivity index (χ0n) is 10.6. The van der Waals surface area contributed by atoms with Crippen LogP contribution in [-0.4, -0.2) is 39.0 Å². The molecule has 0 saturated carbocycles. The fraction of sp³-hybridized carbons (Fsp3) is 1.00. The Hall–Kier alpha value is -0.120. The lowest BCUT2D eigenvalue weighted by molar-refractivity contribution is 0.0819. The Kier molecular flexibility index (Phi) is 11.9. The third kappa shape index (κ3) is 13.9. The molecule has 92 valence electrons. The van der Waals surface area contributed by atoms with Gasteiger partial charge in [0.05, 0.1) is 0 Å². The van der Waals surface area contributed by atoms with E-state index in [2.05, 4.69) is 26.1 Å². The van der Waals surface area contributed by atoms with Crippen molar-refractivity contribution in [2.45, 2.75) is 46.1 Å². The van der Waals surface area contributed by atoms with E-state index in [1.54, 1.807) is 0 Å². The van der Waals surface area contributed by atoms with Gasteiger partial charge in [0.25, 0.3) is 0 Å². The second-order valence-electron chi connectivity index (χ2n) is 4.04. The minimum Gasteiger partial charge on any atom is -0.381 e. The van der Waals surface area contributed by atoms with Crippen LogP contribution in [0.4, 0.5) is 0 Å². The molecule has 0 rings (SSSR count). The molecule has 0 fully saturated rings. The van der Waals surface area contributed by atoms with E-state index < -0.39 is 0 Å². The van der Waals surface area contributed by atoms with Crippen molar-refractivity contribution in [3.63, 3.8) is 0 Å². The van der Waals surface area contributed by atoms with Crippen LogP contribution < -0.4 is 5.32 Å². The highest BCUT2D eigenvalue weighted by Gasteiger charge is 1.93. The Labute approximate surface area is 94.5 Å². The number of ether oxygens (including phenoxy) is 2. The predicted octanol–water partition coefficient (Wildman–Crippen LogP) is 2.21. The van der Waals surface area contributed by atoms with E-state index in [4.69, 9.17) is 9.47 Å². The van der Waals surface area contributed by atoms with Crippen LogP contribution >= 0.6 is 0 Å². The molecule has 0 bridgehead atoms. The van der Waals surface area contributed by atoms with Crippen LogP contribution in [0.1, 0.15) is 40.0 Å². The van der Waals surface area contributed by atoms with Gasteiger partial charge in [-0.1, -0.05) is 20.8 Å². The molecular weight excluding hydrogens is 190 g/mol.